The van der Waals surface area contributed by atoms with Crippen molar-refractivity contribution in [3.05, 3.63) is 0 Å². The van der Waals surface area contributed by atoms with E-state index in [9.17, 15) is 13.2 Å². The summed E-state index contributed by atoms with van der Waals surface area (Å²) >= 11 is 3.55. The molecule has 1 fully saturated rings. The highest BCUT2D eigenvalue weighted by atomic mass is 79.9. The van der Waals surface area contributed by atoms with Crippen molar-refractivity contribution < 1.29 is 17.9 Å². The lowest BCUT2D eigenvalue weighted by molar-refractivity contribution is 0.121. The van der Waals surface area contributed by atoms with E-state index < -0.39 is 16.3 Å². The molecule has 8 heteroatoms. The topological polar surface area (TPSA) is 84.5 Å². The molecule has 0 aromatic rings. The largest absolute Gasteiger partial charge is 0.446 e. The van der Waals surface area contributed by atoms with Crippen LogP contribution in [0.1, 0.15) is 39.5 Å². The molecule has 1 rings (SSSR count). The van der Waals surface area contributed by atoms with Gasteiger partial charge < -0.3 is 4.74 Å². The highest BCUT2D eigenvalue weighted by Gasteiger charge is 2.22. The molecule has 2 unspecified atom stereocenters. The zero-order valence-corrected chi connectivity index (χ0v) is 13.6. The maximum atomic E-state index is 11.6. The summed E-state index contributed by atoms with van der Waals surface area (Å²) in [6, 6.07) is 0. The monoisotopic (exact) mass is 356 g/mol. The Morgan fingerprint density at radius 1 is 1.42 bits per heavy atom. The Bertz CT molecular complexity index is 399. The lowest BCUT2D eigenvalue weighted by Crippen LogP contribution is -2.43. The van der Waals surface area contributed by atoms with Gasteiger partial charge in [-0.3, -0.25) is 0 Å². The van der Waals surface area contributed by atoms with E-state index in [0.29, 0.717) is 17.3 Å². The van der Waals surface area contributed by atoms with Crippen molar-refractivity contribution >= 4 is 32.2 Å². The first kappa shape index (κ1) is 16.7. The van der Waals surface area contributed by atoms with Gasteiger partial charge in [0.15, 0.2) is 0 Å². The van der Waals surface area contributed by atoms with E-state index in [2.05, 4.69) is 20.7 Å². The van der Waals surface area contributed by atoms with Crippen molar-refractivity contribution in [2.45, 2.75) is 50.5 Å². The molecule has 0 heterocycles. The lowest BCUT2D eigenvalue weighted by Gasteiger charge is -2.25. The molecule has 2 N–H and O–H groups in total. The fourth-order valence-electron chi connectivity index (χ4n) is 2.02. The summed E-state index contributed by atoms with van der Waals surface area (Å²) < 4.78 is 32.2. The number of rotatable bonds is 5. The predicted octanol–water partition coefficient (Wildman–Crippen LogP) is 1.91. The molecule has 19 heavy (non-hydrogen) atoms. The molecule has 112 valence electrons. The number of carbonyl (C=O) groups excluding carboxylic acids is 1. The maximum absolute atomic E-state index is 11.6. The van der Waals surface area contributed by atoms with Gasteiger partial charge in [-0.05, 0) is 39.0 Å². The van der Waals surface area contributed by atoms with Crippen LogP contribution in [-0.2, 0) is 14.9 Å². The Labute approximate surface area is 123 Å². The fraction of sp³-hybridized carbons (Fsp3) is 0.909. The van der Waals surface area contributed by atoms with Crippen LogP contribution in [0, 0.1) is 5.92 Å². The third kappa shape index (κ3) is 7.12. The maximum Gasteiger partial charge on any atom is 0.422 e. The van der Waals surface area contributed by atoms with Gasteiger partial charge in [-0.15, -0.1) is 0 Å². The summed E-state index contributed by atoms with van der Waals surface area (Å²) in [6.07, 6.45) is 2.85. The number of amides is 1. The van der Waals surface area contributed by atoms with Crippen molar-refractivity contribution in [2.24, 2.45) is 5.92 Å². The van der Waals surface area contributed by atoms with Gasteiger partial charge in [0.2, 0.25) is 0 Å². The van der Waals surface area contributed by atoms with Gasteiger partial charge in [-0.25, -0.2) is 9.52 Å². The van der Waals surface area contributed by atoms with Gasteiger partial charge in [0.1, 0.15) is 0 Å². The van der Waals surface area contributed by atoms with E-state index >= 15 is 0 Å². The third-order valence-corrected chi connectivity index (χ3v) is 4.66. The molecular weight excluding hydrogens is 336 g/mol. The first-order valence-corrected chi connectivity index (χ1v) is 8.80. The number of hydrogen-bond acceptors (Lipinski definition) is 4. The summed E-state index contributed by atoms with van der Waals surface area (Å²) in [4.78, 5) is 11.7. The first-order valence-electron chi connectivity index (χ1n) is 6.40. The molecule has 1 saturated carbocycles. The average Bonchev–Trinajstić information content (AvgIpc) is 2.24. The molecule has 2 atom stereocenters. The van der Waals surface area contributed by atoms with Crippen LogP contribution >= 0.6 is 15.9 Å². The van der Waals surface area contributed by atoms with Crippen LogP contribution in [-0.4, -0.2) is 32.0 Å². The number of hydrogen-bond donors (Lipinski definition) is 2. The van der Waals surface area contributed by atoms with Crippen molar-refractivity contribution in [3.63, 3.8) is 0 Å². The molecule has 1 aliphatic rings. The number of nitrogens with one attached hydrogen (secondary N) is 2. The molecule has 0 saturated heterocycles. The highest BCUT2D eigenvalue weighted by molar-refractivity contribution is 9.09. The number of alkyl halides is 1. The smallest absolute Gasteiger partial charge is 0.422 e. The Morgan fingerprint density at radius 3 is 2.68 bits per heavy atom. The normalized spacial score (nSPS) is 24.2. The highest BCUT2D eigenvalue weighted by Crippen LogP contribution is 2.28. The van der Waals surface area contributed by atoms with Crippen LogP contribution in [0.4, 0.5) is 4.79 Å². The Kier molecular flexibility index (Phi) is 6.55. The van der Waals surface area contributed by atoms with Gasteiger partial charge in [0, 0.05) is 11.4 Å². The van der Waals surface area contributed by atoms with Crippen molar-refractivity contribution in [3.8, 4) is 0 Å². The molecule has 6 nitrogen and oxygen atoms in total. The summed E-state index contributed by atoms with van der Waals surface area (Å²) in [5.41, 5.74) is 0. The molecule has 0 spiro atoms. The van der Waals surface area contributed by atoms with E-state index in [-0.39, 0.29) is 6.10 Å². The van der Waals surface area contributed by atoms with Crippen LogP contribution in [0.3, 0.4) is 0 Å². The standard InChI is InChI=1S/C11H21BrN2O4S/c1-8(2)18-11(15)14-19(16,17)13-7-9-4-3-5-10(12)6-9/h8-10,13H,3-7H2,1-2H3,(H,14,15). The van der Waals surface area contributed by atoms with Crippen LogP contribution < -0.4 is 9.44 Å². The molecule has 0 aromatic carbocycles. The molecular formula is C11H21BrN2O4S. The number of halogens is 1. The lowest BCUT2D eigenvalue weighted by atomic mass is 9.89. The van der Waals surface area contributed by atoms with Crippen LogP contribution in [0.25, 0.3) is 0 Å². The Morgan fingerprint density at radius 2 is 2.11 bits per heavy atom. The minimum Gasteiger partial charge on any atom is -0.446 e. The number of ether oxygens (including phenoxy) is 1. The minimum absolute atomic E-state index is 0.302. The van der Waals surface area contributed by atoms with Gasteiger partial charge in [-0.1, -0.05) is 22.4 Å². The van der Waals surface area contributed by atoms with Gasteiger partial charge in [-0.2, -0.15) is 13.1 Å². The zero-order valence-electron chi connectivity index (χ0n) is 11.2. The van der Waals surface area contributed by atoms with Gasteiger partial charge in [0.25, 0.3) is 0 Å². The van der Waals surface area contributed by atoms with E-state index in [0.717, 1.165) is 25.7 Å². The first-order chi connectivity index (χ1) is 8.78. The second kappa shape index (κ2) is 7.44. The molecule has 0 radical (unpaired) electrons. The second-order valence-corrected chi connectivity index (χ2v) is 7.83. The van der Waals surface area contributed by atoms with E-state index in [4.69, 9.17) is 4.74 Å². The predicted molar refractivity (Wildman–Crippen MR) is 76.3 cm³/mol. The minimum atomic E-state index is -3.83. The zero-order chi connectivity index (χ0) is 14.5. The summed E-state index contributed by atoms with van der Waals surface area (Å²) in [7, 11) is -3.83. The third-order valence-electron chi connectivity index (χ3n) is 2.84. The second-order valence-electron chi connectivity index (χ2n) is 5.04. The SMILES string of the molecule is CC(C)OC(=O)NS(=O)(=O)NCC1CCCC(Br)C1. The summed E-state index contributed by atoms with van der Waals surface area (Å²) in [5.74, 6) is 0.302. The van der Waals surface area contributed by atoms with E-state index in [1.807, 2.05) is 4.72 Å². The molecule has 0 bridgehead atoms. The van der Waals surface area contributed by atoms with E-state index in [1.54, 1.807) is 13.8 Å². The molecule has 0 aromatic heterocycles. The van der Waals surface area contributed by atoms with E-state index in [1.165, 1.54) is 0 Å². The Balaban J connectivity index is 2.36. The van der Waals surface area contributed by atoms with Crippen LogP contribution in [0.2, 0.25) is 0 Å². The number of carbonyl (C=O) groups is 1. The molecule has 1 amide bonds. The van der Waals surface area contributed by atoms with Crippen molar-refractivity contribution in [1.29, 1.82) is 0 Å². The Hall–Kier alpha value is -0.340. The van der Waals surface area contributed by atoms with Crippen molar-refractivity contribution in [2.75, 3.05) is 6.54 Å². The van der Waals surface area contributed by atoms with Crippen LogP contribution in [0.5, 0.6) is 0 Å². The summed E-state index contributed by atoms with van der Waals surface area (Å²) in [6.45, 7) is 3.64. The quantitative estimate of drug-likeness (QED) is 0.736. The fourth-order valence-corrected chi connectivity index (χ4v) is 3.67. The van der Waals surface area contributed by atoms with Gasteiger partial charge in [0.05, 0.1) is 6.10 Å². The van der Waals surface area contributed by atoms with Crippen molar-refractivity contribution in [1.82, 2.24) is 9.44 Å². The summed E-state index contributed by atoms with van der Waals surface area (Å²) in [5, 5.41) is 0. The molecule has 1 aliphatic carbocycles. The van der Waals surface area contributed by atoms with Gasteiger partial charge >= 0.3 is 16.3 Å². The average molecular weight is 357 g/mol. The molecule has 0 aliphatic heterocycles. The van der Waals surface area contributed by atoms with Crippen LogP contribution in [0.15, 0.2) is 0 Å².